The van der Waals surface area contributed by atoms with Gasteiger partial charge in [0.05, 0.1) is 17.8 Å². The summed E-state index contributed by atoms with van der Waals surface area (Å²) in [5.74, 6) is 0.344. The van der Waals surface area contributed by atoms with Crippen LogP contribution in [-0.2, 0) is 22.6 Å². The Hall–Kier alpha value is -4.90. The van der Waals surface area contributed by atoms with Crippen molar-refractivity contribution in [3.63, 3.8) is 0 Å². The molecule has 5 N–H and O–H groups in total. The van der Waals surface area contributed by atoms with Crippen molar-refractivity contribution in [3.8, 4) is 5.75 Å². The first kappa shape index (κ1) is 34.5. The molecule has 8 rings (SSSR count). The lowest BCUT2D eigenvalue weighted by atomic mass is 9.79. The third-order valence-corrected chi connectivity index (χ3v) is 10.4. The van der Waals surface area contributed by atoms with Crippen molar-refractivity contribution in [2.45, 2.75) is 44.1 Å². The predicted octanol–water partition coefficient (Wildman–Crippen LogP) is 4.93. The predicted molar refractivity (Wildman–Crippen MR) is 194 cm³/mol. The Balaban J connectivity index is 0.919. The van der Waals surface area contributed by atoms with Gasteiger partial charge in [0.1, 0.15) is 24.2 Å². The molecule has 0 spiro atoms. The Morgan fingerprint density at radius 3 is 2.53 bits per heavy atom. The Kier molecular flexibility index (Phi) is 10.8. The second-order valence-corrected chi connectivity index (χ2v) is 13.9. The van der Waals surface area contributed by atoms with Crippen LogP contribution in [0.4, 0.5) is 4.79 Å². The molecule has 3 fully saturated rings. The number of ether oxygens (including phenoxy) is 2. The second kappa shape index (κ2) is 16.0. The Bertz CT molecular complexity index is 1780. The highest BCUT2D eigenvalue weighted by Crippen LogP contribution is 2.33. The Morgan fingerprint density at radius 1 is 0.941 bits per heavy atom. The van der Waals surface area contributed by atoms with Gasteiger partial charge in [-0.25, -0.2) is 4.79 Å². The molecule has 266 valence electrons. The van der Waals surface area contributed by atoms with Crippen molar-refractivity contribution in [3.05, 3.63) is 137 Å². The van der Waals surface area contributed by atoms with Crippen molar-refractivity contribution >= 4 is 12.0 Å². The minimum atomic E-state index is -0.697. The molecule has 5 atom stereocenters. The summed E-state index contributed by atoms with van der Waals surface area (Å²) >= 11 is 0. The molecule has 0 saturated carbocycles. The van der Waals surface area contributed by atoms with E-state index in [0.29, 0.717) is 37.1 Å². The van der Waals surface area contributed by atoms with E-state index in [9.17, 15) is 19.8 Å². The maximum Gasteiger partial charge on any atom is 0.408 e. The van der Waals surface area contributed by atoms with Gasteiger partial charge in [0, 0.05) is 24.9 Å². The molecule has 5 aliphatic rings. The molecule has 4 aliphatic heterocycles. The van der Waals surface area contributed by atoms with E-state index >= 15 is 0 Å². The molecular formula is C41H46N4O6. The van der Waals surface area contributed by atoms with Gasteiger partial charge in [-0.15, -0.1) is 0 Å². The summed E-state index contributed by atoms with van der Waals surface area (Å²) in [4.78, 5) is 27.3. The molecule has 1 aliphatic carbocycles. The minimum absolute atomic E-state index is 0.0238. The number of piperidine rings is 3. The number of hydrogen-bond acceptors (Lipinski definition) is 8. The van der Waals surface area contributed by atoms with Crippen molar-refractivity contribution < 1.29 is 29.3 Å². The van der Waals surface area contributed by atoms with Gasteiger partial charge in [-0.05, 0) is 91.4 Å². The van der Waals surface area contributed by atoms with Crippen molar-refractivity contribution in [2.75, 3.05) is 32.7 Å². The number of carbonyl (C=O) groups is 2. The molecule has 51 heavy (non-hydrogen) atoms. The highest BCUT2D eigenvalue weighted by Gasteiger charge is 2.37. The highest BCUT2D eigenvalue weighted by molar-refractivity contribution is 5.90. The SMILES string of the molecule is O=C1C=CC2C(=C(O)C=CC2[C@@H](O)CNCCc2cccc(COc3cccc([C@@H](NC(=O)O[C@H]4CN5CCC4CC5)c4ccccc4)c3)c2)N1. The number of allylic oxidation sites excluding steroid dienone is 2. The lowest BCUT2D eigenvalue weighted by Gasteiger charge is -2.43. The number of nitrogens with zero attached hydrogens (tertiary/aromatic N) is 1. The van der Waals surface area contributed by atoms with E-state index in [1.165, 1.54) is 12.2 Å². The minimum Gasteiger partial charge on any atom is -0.506 e. The van der Waals surface area contributed by atoms with E-state index < -0.39 is 18.2 Å². The normalized spacial score (nSPS) is 24.7. The monoisotopic (exact) mass is 690 g/mol. The molecule has 2 unspecified atom stereocenters. The molecule has 10 nitrogen and oxygen atoms in total. The zero-order chi connectivity index (χ0) is 35.2. The number of nitrogens with one attached hydrogen (secondary N) is 3. The number of fused-ring (bicyclic) bond motifs is 4. The molecule has 0 radical (unpaired) electrons. The van der Waals surface area contributed by atoms with Gasteiger partial charge in [0.2, 0.25) is 5.91 Å². The Morgan fingerprint density at radius 2 is 1.73 bits per heavy atom. The highest BCUT2D eigenvalue weighted by atomic mass is 16.6. The molecular weight excluding hydrogens is 644 g/mol. The molecule has 3 aromatic carbocycles. The van der Waals surface area contributed by atoms with E-state index in [1.807, 2.05) is 66.7 Å². The third-order valence-electron chi connectivity index (χ3n) is 10.4. The first-order valence-electron chi connectivity index (χ1n) is 17.9. The van der Waals surface area contributed by atoms with Crippen LogP contribution < -0.4 is 20.7 Å². The Labute approximate surface area is 298 Å². The van der Waals surface area contributed by atoms with Gasteiger partial charge in [0.15, 0.2) is 0 Å². The number of rotatable bonds is 13. The fourth-order valence-corrected chi connectivity index (χ4v) is 7.66. The van der Waals surface area contributed by atoms with E-state index in [-0.39, 0.29) is 29.6 Å². The summed E-state index contributed by atoms with van der Waals surface area (Å²) in [7, 11) is 0. The van der Waals surface area contributed by atoms with Gasteiger partial charge in [-0.1, -0.05) is 78.9 Å². The average molecular weight is 691 g/mol. The number of aliphatic hydroxyl groups excluding tert-OH is 2. The van der Waals surface area contributed by atoms with Gasteiger partial charge in [-0.2, -0.15) is 0 Å². The van der Waals surface area contributed by atoms with Crippen molar-refractivity contribution in [1.82, 2.24) is 20.9 Å². The number of benzene rings is 3. The lowest BCUT2D eigenvalue weighted by Crippen LogP contribution is -2.52. The maximum absolute atomic E-state index is 13.2. The summed E-state index contributed by atoms with van der Waals surface area (Å²) < 4.78 is 12.2. The molecule has 3 aromatic rings. The molecule has 0 aromatic heterocycles. The summed E-state index contributed by atoms with van der Waals surface area (Å²) in [6.07, 6.45) is 8.27. The largest absolute Gasteiger partial charge is 0.506 e. The summed E-state index contributed by atoms with van der Waals surface area (Å²) in [6, 6.07) is 25.6. The quantitative estimate of drug-likeness (QED) is 0.160. The topological polar surface area (TPSA) is 132 Å². The molecule has 10 heteroatoms. The zero-order valence-corrected chi connectivity index (χ0v) is 28.6. The van der Waals surface area contributed by atoms with Crippen LogP contribution in [0, 0.1) is 17.8 Å². The van der Waals surface area contributed by atoms with Crippen molar-refractivity contribution in [2.24, 2.45) is 17.8 Å². The third kappa shape index (κ3) is 8.53. The molecule has 3 saturated heterocycles. The van der Waals surface area contributed by atoms with Crippen LogP contribution in [0.3, 0.4) is 0 Å². The summed E-state index contributed by atoms with van der Waals surface area (Å²) in [6.45, 7) is 4.41. The zero-order valence-electron chi connectivity index (χ0n) is 28.6. The smallest absolute Gasteiger partial charge is 0.408 e. The van der Waals surface area contributed by atoms with E-state index in [4.69, 9.17) is 9.47 Å². The fourth-order valence-electron chi connectivity index (χ4n) is 7.66. The number of carbonyl (C=O) groups excluding carboxylic acids is 2. The van der Waals surface area contributed by atoms with E-state index in [0.717, 1.165) is 61.2 Å². The first-order valence-corrected chi connectivity index (χ1v) is 17.9. The summed E-state index contributed by atoms with van der Waals surface area (Å²) in [5, 5.41) is 30.3. The standard InChI is InChI=1S/C41H46N4O6/c46-35-14-12-33(34-13-15-38(48)43-40(34)35)36(47)24-42-19-16-27-6-4-7-28(22-27)26-50-32-11-5-10-31(23-32)39(30-8-2-1-3-9-30)44-41(49)51-37-25-45-20-17-29(37)18-21-45/h1-15,22-23,29,33-34,36-37,39,42,46-47H,16-21,24-26H2,(H,43,48)(H,44,49)/t33?,34?,36-,37-,39-/m0/s1. The van der Waals surface area contributed by atoms with Crippen LogP contribution in [0.5, 0.6) is 5.75 Å². The van der Waals surface area contributed by atoms with Crippen LogP contribution in [0.25, 0.3) is 0 Å². The van der Waals surface area contributed by atoms with Crippen LogP contribution in [0.15, 0.2) is 115 Å². The second-order valence-electron chi connectivity index (χ2n) is 13.9. The van der Waals surface area contributed by atoms with E-state index in [2.05, 4.69) is 33.0 Å². The fraction of sp³-hybridized carbons (Fsp3) is 0.366. The number of amides is 2. The number of alkyl carbamates (subject to hydrolysis) is 1. The van der Waals surface area contributed by atoms with Gasteiger partial charge < -0.3 is 35.6 Å². The van der Waals surface area contributed by atoms with Crippen molar-refractivity contribution in [1.29, 1.82) is 0 Å². The molecule has 2 bridgehead atoms. The first-order chi connectivity index (χ1) is 24.9. The van der Waals surface area contributed by atoms with Crippen LogP contribution in [0.1, 0.15) is 41.1 Å². The number of hydrogen-bond donors (Lipinski definition) is 5. The van der Waals surface area contributed by atoms with Crippen LogP contribution in [-0.4, -0.2) is 72.0 Å². The lowest BCUT2D eigenvalue weighted by molar-refractivity contribution is -0.116. The number of aliphatic hydroxyl groups is 2. The summed E-state index contributed by atoms with van der Waals surface area (Å²) in [5.41, 5.74) is 4.49. The van der Waals surface area contributed by atoms with Gasteiger partial charge >= 0.3 is 6.09 Å². The van der Waals surface area contributed by atoms with E-state index in [1.54, 1.807) is 12.2 Å². The molecule has 4 heterocycles. The molecule has 2 amide bonds. The average Bonchev–Trinajstić information content (AvgIpc) is 3.16. The maximum atomic E-state index is 13.2. The van der Waals surface area contributed by atoms with Crippen LogP contribution in [0.2, 0.25) is 0 Å². The van der Waals surface area contributed by atoms with Gasteiger partial charge in [0.25, 0.3) is 0 Å². The van der Waals surface area contributed by atoms with Crippen LogP contribution >= 0.6 is 0 Å². The van der Waals surface area contributed by atoms with Gasteiger partial charge in [-0.3, -0.25) is 9.69 Å².